The van der Waals surface area contributed by atoms with E-state index in [1.54, 1.807) is 0 Å². The fraction of sp³-hybridized carbons (Fsp3) is 0.464. The minimum absolute atomic E-state index is 0.0901. The fourth-order valence-electron chi connectivity index (χ4n) is 4.69. The minimum Gasteiger partial charge on any atom is -0.379 e. The van der Waals surface area contributed by atoms with Crippen LogP contribution in [0.25, 0.3) is 10.9 Å². The Hall–Kier alpha value is -2.70. The number of halogens is 1. The molecule has 34 heavy (non-hydrogen) atoms. The van der Waals surface area contributed by atoms with Crippen LogP contribution in [0.5, 0.6) is 0 Å². The Morgan fingerprint density at radius 3 is 2.56 bits per heavy atom. The van der Waals surface area contributed by atoms with Crippen LogP contribution in [0, 0.1) is 11.7 Å². The number of hydrogen-bond donors (Lipinski definition) is 1. The Morgan fingerprint density at radius 2 is 1.82 bits per heavy atom. The number of hydrogen-bond acceptors (Lipinski definition) is 3. The molecule has 6 heteroatoms. The van der Waals surface area contributed by atoms with Crippen molar-refractivity contribution in [3.05, 3.63) is 71.7 Å². The van der Waals surface area contributed by atoms with Gasteiger partial charge in [0.05, 0.1) is 6.10 Å². The van der Waals surface area contributed by atoms with E-state index in [1.165, 1.54) is 28.7 Å². The third-order valence-electron chi connectivity index (χ3n) is 6.57. The SMILES string of the molecule is CC(C)OCCCNC(=O)C1CCN(Cc2cc3ccccc3n2Cc2ccc(F)cc2)CC1. The van der Waals surface area contributed by atoms with Gasteiger partial charge in [-0.2, -0.15) is 0 Å². The standard InChI is InChI=1S/C28H36FN3O2/c1-21(2)34-17-5-14-30-28(33)23-12-15-31(16-13-23)20-26-18-24-6-3-4-7-27(24)32(26)19-22-8-10-25(29)11-9-22/h3-4,6-11,18,21,23H,5,12-17,19-20H2,1-2H3,(H,30,33). The third kappa shape index (κ3) is 6.45. The molecule has 1 aliphatic rings. The predicted octanol–water partition coefficient (Wildman–Crippen LogP) is 4.97. The molecule has 1 aromatic heterocycles. The van der Waals surface area contributed by atoms with Crippen molar-refractivity contribution in [2.45, 2.75) is 52.3 Å². The highest BCUT2D eigenvalue weighted by molar-refractivity contribution is 5.81. The summed E-state index contributed by atoms with van der Waals surface area (Å²) in [5, 5.41) is 4.30. The van der Waals surface area contributed by atoms with Crippen molar-refractivity contribution in [2.24, 2.45) is 5.92 Å². The predicted molar refractivity (Wildman–Crippen MR) is 134 cm³/mol. The number of ether oxygens (including phenoxy) is 1. The van der Waals surface area contributed by atoms with E-state index in [4.69, 9.17) is 4.74 Å². The molecule has 0 bridgehead atoms. The number of aromatic nitrogens is 1. The number of nitrogens with zero attached hydrogens (tertiary/aromatic N) is 2. The van der Waals surface area contributed by atoms with E-state index in [-0.39, 0.29) is 23.7 Å². The fourth-order valence-corrected chi connectivity index (χ4v) is 4.69. The summed E-state index contributed by atoms with van der Waals surface area (Å²) >= 11 is 0. The zero-order valence-electron chi connectivity index (χ0n) is 20.3. The average Bonchev–Trinajstić information content (AvgIpc) is 3.17. The van der Waals surface area contributed by atoms with Gasteiger partial charge in [-0.05, 0) is 81.4 Å². The number of rotatable bonds is 10. The Morgan fingerprint density at radius 1 is 1.09 bits per heavy atom. The van der Waals surface area contributed by atoms with E-state index in [0.717, 1.165) is 44.5 Å². The molecule has 0 atom stereocenters. The van der Waals surface area contributed by atoms with E-state index in [1.807, 2.05) is 26.0 Å². The number of carbonyl (C=O) groups is 1. The summed E-state index contributed by atoms with van der Waals surface area (Å²) in [6, 6.07) is 17.4. The van der Waals surface area contributed by atoms with Gasteiger partial charge in [0.25, 0.3) is 0 Å². The van der Waals surface area contributed by atoms with E-state index in [9.17, 15) is 9.18 Å². The number of benzene rings is 2. The molecule has 1 saturated heterocycles. The normalized spacial score (nSPS) is 15.3. The average molecular weight is 466 g/mol. The summed E-state index contributed by atoms with van der Waals surface area (Å²) in [5.41, 5.74) is 3.52. The van der Waals surface area contributed by atoms with Crippen molar-refractivity contribution in [1.29, 1.82) is 0 Å². The van der Waals surface area contributed by atoms with Gasteiger partial charge in [0.2, 0.25) is 5.91 Å². The molecule has 5 nitrogen and oxygen atoms in total. The lowest BCUT2D eigenvalue weighted by Gasteiger charge is -2.31. The number of para-hydroxylation sites is 1. The van der Waals surface area contributed by atoms with Gasteiger partial charge in [0.1, 0.15) is 5.82 Å². The number of carbonyl (C=O) groups excluding carboxylic acids is 1. The van der Waals surface area contributed by atoms with Crippen LogP contribution in [-0.4, -0.2) is 47.7 Å². The number of fused-ring (bicyclic) bond motifs is 1. The van der Waals surface area contributed by atoms with Crippen LogP contribution in [0.3, 0.4) is 0 Å². The maximum Gasteiger partial charge on any atom is 0.223 e. The van der Waals surface area contributed by atoms with Crippen LogP contribution in [0.1, 0.15) is 44.4 Å². The Kier molecular flexibility index (Phi) is 8.35. The van der Waals surface area contributed by atoms with Crippen molar-refractivity contribution in [1.82, 2.24) is 14.8 Å². The first kappa shape index (κ1) is 24.4. The summed E-state index contributed by atoms with van der Waals surface area (Å²) in [5.74, 6) is 0.0547. The summed E-state index contributed by atoms with van der Waals surface area (Å²) < 4.78 is 21.3. The van der Waals surface area contributed by atoms with Crippen LogP contribution >= 0.6 is 0 Å². The minimum atomic E-state index is -0.211. The molecule has 182 valence electrons. The first-order valence-electron chi connectivity index (χ1n) is 12.4. The third-order valence-corrected chi connectivity index (χ3v) is 6.57. The number of nitrogens with one attached hydrogen (secondary N) is 1. The molecule has 0 radical (unpaired) electrons. The number of amides is 1. The molecule has 1 aliphatic heterocycles. The topological polar surface area (TPSA) is 46.5 Å². The van der Waals surface area contributed by atoms with E-state index >= 15 is 0 Å². The molecule has 1 N–H and O–H groups in total. The van der Waals surface area contributed by atoms with Crippen LogP contribution in [0.4, 0.5) is 4.39 Å². The Balaban J connectivity index is 1.34. The lowest BCUT2D eigenvalue weighted by Crippen LogP contribution is -2.40. The molecule has 0 spiro atoms. The highest BCUT2D eigenvalue weighted by atomic mass is 19.1. The molecular formula is C28H36FN3O2. The van der Waals surface area contributed by atoms with Crippen LogP contribution in [0.2, 0.25) is 0 Å². The molecule has 4 rings (SSSR count). The lowest BCUT2D eigenvalue weighted by atomic mass is 9.96. The van der Waals surface area contributed by atoms with Crippen molar-refractivity contribution in [2.75, 3.05) is 26.2 Å². The maximum absolute atomic E-state index is 13.4. The Bertz CT molecular complexity index is 1070. The first-order valence-corrected chi connectivity index (χ1v) is 12.4. The first-order chi connectivity index (χ1) is 16.5. The lowest BCUT2D eigenvalue weighted by molar-refractivity contribution is -0.126. The summed E-state index contributed by atoms with van der Waals surface area (Å²) in [6.45, 7) is 8.78. The van der Waals surface area contributed by atoms with Crippen LogP contribution in [-0.2, 0) is 22.6 Å². The van der Waals surface area contributed by atoms with Gasteiger partial charge in [-0.1, -0.05) is 30.3 Å². The Labute approximate surface area is 201 Å². The molecule has 2 heterocycles. The number of piperidine rings is 1. The zero-order valence-corrected chi connectivity index (χ0v) is 20.3. The summed E-state index contributed by atoms with van der Waals surface area (Å²) in [6.07, 6.45) is 2.84. The maximum atomic E-state index is 13.4. The highest BCUT2D eigenvalue weighted by Gasteiger charge is 2.25. The molecular weight excluding hydrogens is 429 g/mol. The second kappa shape index (κ2) is 11.6. The van der Waals surface area contributed by atoms with Crippen LogP contribution < -0.4 is 5.32 Å². The summed E-state index contributed by atoms with van der Waals surface area (Å²) in [4.78, 5) is 15.0. The molecule has 2 aromatic carbocycles. The van der Waals surface area contributed by atoms with Gasteiger partial charge in [-0.15, -0.1) is 0 Å². The van der Waals surface area contributed by atoms with Crippen LogP contribution in [0.15, 0.2) is 54.6 Å². The quantitative estimate of drug-likeness (QED) is 0.430. The largest absolute Gasteiger partial charge is 0.379 e. The molecule has 3 aromatic rings. The monoisotopic (exact) mass is 465 g/mol. The number of likely N-dealkylation sites (tertiary alicyclic amines) is 1. The van der Waals surface area contributed by atoms with Crippen molar-refractivity contribution < 1.29 is 13.9 Å². The second-order valence-electron chi connectivity index (χ2n) is 9.52. The molecule has 1 fully saturated rings. The molecule has 0 saturated carbocycles. The van der Waals surface area contributed by atoms with E-state index < -0.39 is 0 Å². The van der Waals surface area contributed by atoms with Gasteiger partial charge in [-0.3, -0.25) is 9.69 Å². The van der Waals surface area contributed by atoms with E-state index in [2.05, 4.69) is 45.1 Å². The molecule has 0 unspecified atom stereocenters. The van der Waals surface area contributed by atoms with Gasteiger partial charge < -0.3 is 14.6 Å². The van der Waals surface area contributed by atoms with Gasteiger partial charge in [0.15, 0.2) is 0 Å². The summed E-state index contributed by atoms with van der Waals surface area (Å²) in [7, 11) is 0. The zero-order chi connectivity index (χ0) is 23.9. The van der Waals surface area contributed by atoms with E-state index in [0.29, 0.717) is 19.7 Å². The second-order valence-corrected chi connectivity index (χ2v) is 9.52. The van der Waals surface area contributed by atoms with Gasteiger partial charge in [0, 0.05) is 43.4 Å². The van der Waals surface area contributed by atoms with Gasteiger partial charge in [-0.25, -0.2) is 4.39 Å². The van der Waals surface area contributed by atoms with Crippen molar-refractivity contribution >= 4 is 16.8 Å². The molecule has 1 amide bonds. The van der Waals surface area contributed by atoms with Crippen molar-refractivity contribution in [3.8, 4) is 0 Å². The molecule has 0 aliphatic carbocycles. The van der Waals surface area contributed by atoms with Gasteiger partial charge >= 0.3 is 0 Å². The highest BCUT2D eigenvalue weighted by Crippen LogP contribution is 2.25. The van der Waals surface area contributed by atoms with Crippen molar-refractivity contribution in [3.63, 3.8) is 0 Å². The smallest absolute Gasteiger partial charge is 0.223 e.